The number of para-hydroxylation sites is 1. The molecule has 0 bridgehead atoms. The average molecular weight is 595 g/mol. The van der Waals surface area contributed by atoms with Crippen LogP contribution in [0.25, 0.3) is 17.0 Å². The molecule has 0 saturated heterocycles. The number of hydrogen-bond donors (Lipinski definition) is 5. The first kappa shape index (κ1) is 32.2. The van der Waals surface area contributed by atoms with Gasteiger partial charge in [0, 0.05) is 30.1 Å². The number of allylic oxidation sites excluding steroid dienone is 1. The van der Waals surface area contributed by atoms with E-state index in [2.05, 4.69) is 15.6 Å². The first-order valence-corrected chi connectivity index (χ1v) is 15.2. The third-order valence-electron chi connectivity index (χ3n) is 7.78. The zero-order valence-corrected chi connectivity index (χ0v) is 25.3. The molecule has 3 atom stereocenters. The Labute approximate surface area is 258 Å². The summed E-state index contributed by atoms with van der Waals surface area (Å²) in [6.07, 6.45) is 7.16. The van der Waals surface area contributed by atoms with E-state index in [1.807, 2.05) is 117 Å². The molecule has 0 fully saturated rings. The van der Waals surface area contributed by atoms with E-state index >= 15 is 0 Å². The minimum Gasteiger partial charge on any atom is -0.361 e. The number of carbonyl (C=O) groups excluding carboxylic acids is 3. The number of fused-ring (bicyclic) bond motifs is 1. The van der Waals surface area contributed by atoms with Crippen molar-refractivity contribution in [1.82, 2.24) is 21.1 Å². The van der Waals surface area contributed by atoms with Crippen molar-refractivity contribution in [3.05, 3.63) is 114 Å². The topological polar surface area (TPSA) is 123 Å². The minimum atomic E-state index is -0.871. The van der Waals surface area contributed by atoms with Crippen molar-refractivity contribution < 1.29 is 19.6 Å². The quantitative estimate of drug-likeness (QED) is 0.0929. The maximum atomic E-state index is 14.0. The third kappa shape index (κ3) is 9.15. The van der Waals surface area contributed by atoms with E-state index in [1.54, 1.807) is 5.48 Å². The summed E-state index contributed by atoms with van der Waals surface area (Å²) >= 11 is 0. The molecule has 8 nitrogen and oxygen atoms in total. The number of H-pyrrole nitrogens is 1. The number of nitrogens with one attached hydrogen (secondary N) is 4. The molecule has 0 aliphatic rings. The van der Waals surface area contributed by atoms with Crippen LogP contribution >= 0.6 is 0 Å². The van der Waals surface area contributed by atoms with Crippen LogP contribution in [0.1, 0.15) is 43.4 Å². The van der Waals surface area contributed by atoms with Crippen LogP contribution in [0.2, 0.25) is 0 Å². The first-order valence-electron chi connectivity index (χ1n) is 15.2. The van der Waals surface area contributed by atoms with Gasteiger partial charge in [0.1, 0.15) is 6.04 Å². The Morgan fingerprint density at radius 1 is 0.841 bits per heavy atom. The molecule has 1 aromatic heterocycles. The molecule has 0 aliphatic carbocycles. The highest BCUT2D eigenvalue weighted by Crippen LogP contribution is 2.26. The lowest BCUT2D eigenvalue weighted by molar-refractivity contribution is -0.141. The lowest BCUT2D eigenvalue weighted by atomic mass is 9.81. The number of aromatic nitrogens is 1. The van der Waals surface area contributed by atoms with Gasteiger partial charge in [-0.3, -0.25) is 19.6 Å². The highest BCUT2D eigenvalue weighted by molar-refractivity contribution is 5.92. The van der Waals surface area contributed by atoms with Gasteiger partial charge >= 0.3 is 0 Å². The lowest BCUT2D eigenvalue weighted by Gasteiger charge is -2.28. The molecule has 230 valence electrons. The van der Waals surface area contributed by atoms with Crippen LogP contribution in [0, 0.1) is 17.8 Å². The highest BCUT2D eigenvalue weighted by atomic mass is 16.5. The summed E-state index contributed by atoms with van der Waals surface area (Å²) in [6.45, 7) is 4.37. The van der Waals surface area contributed by atoms with Crippen molar-refractivity contribution in [2.75, 3.05) is 6.54 Å². The van der Waals surface area contributed by atoms with E-state index in [-0.39, 0.29) is 24.7 Å². The number of hydrogen-bond acceptors (Lipinski definition) is 4. The Bertz CT molecular complexity index is 1530. The van der Waals surface area contributed by atoms with Crippen LogP contribution in [0.15, 0.2) is 97.2 Å². The largest absolute Gasteiger partial charge is 0.361 e. The van der Waals surface area contributed by atoms with Gasteiger partial charge in [-0.1, -0.05) is 105 Å². The summed E-state index contributed by atoms with van der Waals surface area (Å²) in [5.41, 5.74) is 5.67. The van der Waals surface area contributed by atoms with Crippen LogP contribution in [-0.2, 0) is 27.2 Å². The third-order valence-corrected chi connectivity index (χ3v) is 7.78. The molecule has 8 heteroatoms. The van der Waals surface area contributed by atoms with Crippen molar-refractivity contribution in [1.29, 1.82) is 0 Å². The molecule has 0 aliphatic heterocycles. The maximum Gasteiger partial charge on any atom is 0.247 e. The minimum absolute atomic E-state index is 0.0876. The molecular weight excluding hydrogens is 552 g/mol. The number of rotatable bonds is 15. The predicted molar refractivity (Wildman–Crippen MR) is 174 cm³/mol. The van der Waals surface area contributed by atoms with Gasteiger partial charge in [0.05, 0.1) is 11.8 Å². The van der Waals surface area contributed by atoms with Crippen molar-refractivity contribution >= 4 is 34.7 Å². The zero-order valence-electron chi connectivity index (χ0n) is 25.3. The monoisotopic (exact) mass is 594 g/mol. The second-order valence-electron chi connectivity index (χ2n) is 11.5. The van der Waals surface area contributed by atoms with Crippen molar-refractivity contribution in [2.45, 2.75) is 45.6 Å². The molecule has 44 heavy (non-hydrogen) atoms. The Hall–Kier alpha value is -4.69. The summed E-state index contributed by atoms with van der Waals surface area (Å²) < 4.78 is 0. The van der Waals surface area contributed by atoms with Crippen molar-refractivity contribution in [2.24, 2.45) is 17.8 Å². The van der Waals surface area contributed by atoms with Crippen LogP contribution in [0.5, 0.6) is 0 Å². The van der Waals surface area contributed by atoms with E-state index in [0.29, 0.717) is 19.4 Å². The van der Waals surface area contributed by atoms with Crippen LogP contribution in [0.4, 0.5) is 0 Å². The van der Waals surface area contributed by atoms with E-state index in [9.17, 15) is 19.6 Å². The molecule has 4 rings (SSSR count). The Morgan fingerprint density at radius 2 is 1.52 bits per heavy atom. The smallest absolute Gasteiger partial charge is 0.247 e. The Balaban J connectivity index is 1.55. The molecule has 3 amide bonds. The van der Waals surface area contributed by atoms with Gasteiger partial charge in [-0.15, -0.1) is 0 Å². The molecule has 0 spiro atoms. The highest BCUT2D eigenvalue weighted by Gasteiger charge is 2.35. The summed E-state index contributed by atoms with van der Waals surface area (Å²) in [4.78, 5) is 43.8. The fourth-order valence-corrected chi connectivity index (χ4v) is 5.52. The number of carbonyl (C=O) groups is 3. The van der Waals surface area contributed by atoms with E-state index in [0.717, 1.165) is 27.6 Å². The number of aromatic amines is 1. The number of hydroxylamine groups is 1. The van der Waals surface area contributed by atoms with E-state index in [1.165, 1.54) is 0 Å². The van der Waals surface area contributed by atoms with Gasteiger partial charge in [-0.05, 0) is 47.9 Å². The second kappa shape index (κ2) is 16.2. The predicted octanol–water partition coefficient (Wildman–Crippen LogP) is 5.44. The standard InChI is InChI=1S/C36H42N4O4/c1-25(2)22-31(30(35(42)40-44)18-11-16-26-12-5-3-6-13-26)34(41)39-33(23-28-24-38-32-19-10-9-17-29(28)32)36(43)37-21-20-27-14-7-4-8-15-27/h3-17,19,24-25,30-31,33,38,44H,18,20-23H2,1-2H3,(H,37,43)(H,39,41)(H,40,42)/b16-11+/t30-,31+,33-/m1/s1. The Morgan fingerprint density at radius 3 is 2.23 bits per heavy atom. The fraction of sp³-hybridized carbons (Fsp3) is 0.306. The van der Waals surface area contributed by atoms with Gasteiger partial charge in [-0.25, -0.2) is 5.48 Å². The normalized spacial score (nSPS) is 13.5. The maximum absolute atomic E-state index is 14.0. The van der Waals surface area contributed by atoms with Gasteiger partial charge < -0.3 is 15.6 Å². The summed E-state index contributed by atoms with van der Waals surface area (Å²) in [7, 11) is 0. The summed E-state index contributed by atoms with van der Waals surface area (Å²) in [5, 5.41) is 16.6. The van der Waals surface area contributed by atoms with Crippen molar-refractivity contribution in [3.63, 3.8) is 0 Å². The van der Waals surface area contributed by atoms with Crippen molar-refractivity contribution in [3.8, 4) is 0 Å². The van der Waals surface area contributed by atoms with Gasteiger partial charge in [-0.2, -0.15) is 0 Å². The molecular formula is C36H42N4O4. The van der Waals surface area contributed by atoms with Crippen LogP contribution in [-0.4, -0.2) is 40.5 Å². The van der Waals surface area contributed by atoms with Crippen LogP contribution < -0.4 is 16.1 Å². The first-order chi connectivity index (χ1) is 21.4. The molecule has 0 saturated carbocycles. The zero-order chi connectivity index (χ0) is 31.3. The molecule has 1 heterocycles. The van der Waals surface area contributed by atoms with Gasteiger partial charge in [0.25, 0.3) is 0 Å². The van der Waals surface area contributed by atoms with E-state index < -0.39 is 29.7 Å². The van der Waals surface area contributed by atoms with Gasteiger partial charge in [0.15, 0.2) is 0 Å². The lowest BCUT2D eigenvalue weighted by Crippen LogP contribution is -2.52. The SMILES string of the molecule is CC(C)C[C@H](C(=O)N[C@H](Cc1c[nH]c2ccccc12)C(=O)NCCc1ccccc1)[C@@H](C/C=C/c1ccccc1)C(=O)NO. The molecule has 4 aromatic rings. The van der Waals surface area contributed by atoms with Gasteiger partial charge in [0.2, 0.25) is 17.7 Å². The fourth-order valence-electron chi connectivity index (χ4n) is 5.52. The summed E-state index contributed by atoms with van der Waals surface area (Å²) in [6, 6.07) is 26.5. The molecule has 5 N–H and O–H groups in total. The molecule has 3 aromatic carbocycles. The molecule has 0 radical (unpaired) electrons. The second-order valence-corrected chi connectivity index (χ2v) is 11.5. The average Bonchev–Trinajstić information content (AvgIpc) is 3.45. The number of benzene rings is 3. The summed E-state index contributed by atoms with van der Waals surface area (Å²) in [5.74, 6) is -2.85. The Kier molecular flexibility index (Phi) is 11.9. The van der Waals surface area contributed by atoms with E-state index in [4.69, 9.17) is 0 Å². The number of amides is 3. The van der Waals surface area contributed by atoms with Crippen LogP contribution in [0.3, 0.4) is 0 Å². The molecule has 0 unspecified atom stereocenters.